The minimum atomic E-state index is -0.211. The topological polar surface area (TPSA) is 72.2 Å². The first-order chi connectivity index (χ1) is 16.8. The quantitative estimate of drug-likeness (QED) is 0.205. The van der Waals surface area contributed by atoms with Gasteiger partial charge in [0.1, 0.15) is 0 Å². The first kappa shape index (κ1) is 24.4. The second kappa shape index (κ2) is 10.7. The van der Waals surface area contributed by atoms with Crippen LogP contribution in [0.3, 0.4) is 0 Å². The van der Waals surface area contributed by atoms with E-state index in [1.54, 1.807) is 6.21 Å². The minimum absolute atomic E-state index is 0.0978. The molecule has 1 aromatic heterocycles. The smallest absolute Gasteiger partial charge is 0.250 e. The van der Waals surface area contributed by atoms with Crippen molar-refractivity contribution in [3.8, 4) is 17.1 Å². The number of rotatable bonds is 7. The van der Waals surface area contributed by atoms with Gasteiger partial charge in [-0.2, -0.15) is 5.10 Å². The van der Waals surface area contributed by atoms with Gasteiger partial charge in [-0.3, -0.25) is 9.36 Å². The third kappa shape index (κ3) is 6.25. The lowest BCUT2D eigenvalue weighted by Gasteiger charge is -2.18. The number of hydrogen-bond donors (Lipinski definition) is 1. The van der Waals surface area contributed by atoms with Crippen molar-refractivity contribution in [2.45, 2.75) is 38.3 Å². The molecular formula is C28H29N5OS. The maximum absolute atomic E-state index is 12.5. The molecule has 6 nitrogen and oxygen atoms in total. The van der Waals surface area contributed by atoms with Crippen LogP contribution in [0.1, 0.15) is 37.5 Å². The maximum atomic E-state index is 12.5. The van der Waals surface area contributed by atoms with Crippen LogP contribution in [0.25, 0.3) is 17.1 Å². The zero-order chi connectivity index (χ0) is 24.8. The molecule has 178 valence electrons. The molecule has 4 rings (SSSR count). The van der Waals surface area contributed by atoms with E-state index in [2.05, 4.69) is 53.6 Å². The van der Waals surface area contributed by atoms with Crippen LogP contribution >= 0.6 is 11.8 Å². The van der Waals surface area contributed by atoms with Crippen LogP contribution in [0.4, 0.5) is 0 Å². The third-order valence-electron chi connectivity index (χ3n) is 5.47. The van der Waals surface area contributed by atoms with Gasteiger partial charge in [-0.25, -0.2) is 5.43 Å². The maximum Gasteiger partial charge on any atom is 0.250 e. The molecule has 0 saturated heterocycles. The van der Waals surface area contributed by atoms with E-state index in [0.717, 1.165) is 22.6 Å². The number of aryl methyl sites for hydroxylation is 1. The van der Waals surface area contributed by atoms with Gasteiger partial charge in [-0.1, -0.05) is 105 Å². The van der Waals surface area contributed by atoms with Crippen LogP contribution in [0.2, 0.25) is 0 Å². The molecule has 4 aromatic rings. The SMILES string of the molecule is Cc1ccc(-n2c(SCC(=O)N/N=C\c3ccc(C(C)(C)C)cc3)nnc2-c2ccccc2)cc1. The van der Waals surface area contributed by atoms with Crippen LogP contribution in [0.15, 0.2) is 89.1 Å². The van der Waals surface area contributed by atoms with Gasteiger partial charge in [0.15, 0.2) is 11.0 Å². The molecule has 0 aliphatic heterocycles. The number of benzene rings is 3. The molecule has 1 heterocycles. The fourth-order valence-corrected chi connectivity index (χ4v) is 4.22. The largest absolute Gasteiger partial charge is 0.272 e. The molecule has 0 atom stereocenters. The van der Waals surface area contributed by atoms with E-state index in [1.165, 1.54) is 22.9 Å². The number of hydrogen-bond acceptors (Lipinski definition) is 5. The number of thioether (sulfide) groups is 1. The van der Waals surface area contributed by atoms with Gasteiger partial charge in [0.25, 0.3) is 5.91 Å². The first-order valence-electron chi connectivity index (χ1n) is 11.4. The fraction of sp³-hybridized carbons (Fsp3) is 0.214. The lowest BCUT2D eigenvalue weighted by atomic mass is 9.87. The van der Waals surface area contributed by atoms with Crippen LogP contribution in [-0.2, 0) is 10.2 Å². The van der Waals surface area contributed by atoms with Crippen molar-refractivity contribution in [1.82, 2.24) is 20.2 Å². The van der Waals surface area contributed by atoms with Gasteiger partial charge >= 0.3 is 0 Å². The number of nitrogens with one attached hydrogen (secondary N) is 1. The predicted octanol–water partition coefficient (Wildman–Crippen LogP) is 5.78. The van der Waals surface area contributed by atoms with Gasteiger partial charge in [-0.05, 0) is 35.6 Å². The lowest BCUT2D eigenvalue weighted by molar-refractivity contribution is -0.118. The molecule has 7 heteroatoms. The fourth-order valence-electron chi connectivity index (χ4n) is 3.47. The van der Waals surface area contributed by atoms with Crippen LogP contribution in [0, 0.1) is 6.92 Å². The zero-order valence-electron chi connectivity index (χ0n) is 20.4. The Hall–Kier alpha value is -3.71. The third-order valence-corrected chi connectivity index (χ3v) is 6.40. The average Bonchev–Trinajstić information content (AvgIpc) is 3.27. The predicted molar refractivity (Wildman–Crippen MR) is 143 cm³/mol. The number of carbonyl (C=O) groups excluding carboxylic acids is 1. The summed E-state index contributed by atoms with van der Waals surface area (Å²) >= 11 is 1.32. The number of carbonyl (C=O) groups is 1. The second-order valence-corrected chi connectivity index (χ2v) is 10.2. The standard InChI is InChI=1S/C28H29N5OS/c1-20-10-16-24(17-11-20)33-26(22-8-6-5-7-9-22)31-32-27(33)35-19-25(34)30-29-18-21-12-14-23(15-13-21)28(2,3)4/h5-18H,19H2,1-4H3,(H,30,34)/b29-18-. The number of amides is 1. The molecule has 0 bridgehead atoms. The highest BCUT2D eigenvalue weighted by Crippen LogP contribution is 2.28. The lowest BCUT2D eigenvalue weighted by Crippen LogP contribution is -2.20. The van der Waals surface area contributed by atoms with Crippen molar-refractivity contribution in [3.05, 3.63) is 95.6 Å². The van der Waals surface area contributed by atoms with Crippen LogP contribution < -0.4 is 5.43 Å². The summed E-state index contributed by atoms with van der Waals surface area (Å²) in [5.74, 6) is 0.686. The molecule has 0 unspecified atom stereocenters. The Labute approximate surface area is 210 Å². The van der Waals surface area contributed by atoms with Gasteiger partial charge in [-0.15, -0.1) is 10.2 Å². The Morgan fingerprint density at radius 2 is 1.66 bits per heavy atom. The highest BCUT2D eigenvalue weighted by Gasteiger charge is 2.17. The normalized spacial score (nSPS) is 11.7. The molecule has 3 aromatic carbocycles. The molecule has 0 aliphatic carbocycles. The van der Waals surface area contributed by atoms with E-state index in [9.17, 15) is 4.79 Å². The average molecular weight is 484 g/mol. The minimum Gasteiger partial charge on any atom is -0.272 e. The van der Waals surface area contributed by atoms with Crippen LogP contribution in [-0.4, -0.2) is 32.6 Å². The Morgan fingerprint density at radius 3 is 2.31 bits per heavy atom. The summed E-state index contributed by atoms with van der Waals surface area (Å²) in [6.07, 6.45) is 1.65. The Kier molecular flexibility index (Phi) is 7.46. The summed E-state index contributed by atoms with van der Waals surface area (Å²) in [4.78, 5) is 12.5. The second-order valence-electron chi connectivity index (χ2n) is 9.30. The summed E-state index contributed by atoms with van der Waals surface area (Å²) in [5.41, 5.74) is 7.95. The van der Waals surface area contributed by atoms with Crippen molar-refractivity contribution in [1.29, 1.82) is 0 Å². The molecule has 0 spiro atoms. The van der Waals surface area contributed by atoms with E-state index in [-0.39, 0.29) is 17.1 Å². The molecule has 0 saturated carbocycles. The Bertz CT molecular complexity index is 1300. The van der Waals surface area contributed by atoms with E-state index in [4.69, 9.17) is 0 Å². The number of nitrogens with zero attached hydrogens (tertiary/aromatic N) is 4. The molecule has 0 radical (unpaired) electrons. The molecule has 1 amide bonds. The summed E-state index contributed by atoms with van der Waals surface area (Å²) in [5, 5.41) is 13.5. The number of aromatic nitrogens is 3. The number of hydrazone groups is 1. The van der Waals surface area contributed by atoms with E-state index in [0.29, 0.717) is 5.16 Å². The van der Waals surface area contributed by atoms with E-state index >= 15 is 0 Å². The van der Waals surface area contributed by atoms with Crippen molar-refractivity contribution >= 4 is 23.9 Å². The molecule has 35 heavy (non-hydrogen) atoms. The highest BCUT2D eigenvalue weighted by atomic mass is 32.2. The summed E-state index contributed by atoms with van der Waals surface area (Å²) < 4.78 is 1.98. The molecule has 1 N–H and O–H groups in total. The molecule has 0 fully saturated rings. The van der Waals surface area contributed by atoms with Gasteiger partial charge < -0.3 is 0 Å². The first-order valence-corrected chi connectivity index (χ1v) is 12.4. The van der Waals surface area contributed by atoms with Gasteiger partial charge in [0.05, 0.1) is 12.0 Å². The van der Waals surface area contributed by atoms with Gasteiger partial charge in [0, 0.05) is 11.3 Å². The van der Waals surface area contributed by atoms with Crippen molar-refractivity contribution in [2.24, 2.45) is 5.10 Å². The van der Waals surface area contributed by atoms with Crippen molar-refractivity contribution < 1.29 is 4.79 Å². The highest BCUT2D eigenvalue weighted by molar-refractivity contribution is 7.99. The summed E-state index contributed by atoms with van der Waals surface area (Å²) in [7, 11) is 0. The van der Waals surface area contributed by atoms with Gasteiger partial charge in [0.2, 0.25) is 0 Å². The van der Waals surface area contributed by atoms with E-state index < -0.39 is 0 Å². The summed E-state index contributed by atoms with van der Waals surface area (Å²) in [6, 6.07) is 26.2. The molecular weight excluding hydrogens is 454 g/mol. The summed E-state index contributed by atoms with van der Waals surface area (Å²) in [6.45, 7) is 8.58. The Balaban J connectivity index is 1.44. The monoisotopic (exact) mass is 483 g/mol. The Morgan fingerprint density at radius 1 is 0.971 bits per heavy atom. The van der Waals surface area contributed by atoms with Crippen molar-refractivity contribution in [3.63, 3.8) is 0 Å². The van der Waals surface area contributed by atoms with Crippen molar-refractivity contribution in [2.75, 3.05) is 5.75 Å². The molecule has 0 aliphatic rings. The van der Waals surface area contributed by atoms with E-state index in [1.807, 2.05) is 78.2 Å². The van der Waals surface area contributed by atoms with Crippen LogP contribution in [0.5, 0.6) is 0 Å². The zero-order valence-corrected chi connectivity index (χ0v) is 21.2.